The van der Waals surface area contributed by atoms with E-state index in [0.29, 0.717) is 12.0 Å². The molecule has 0 saturated heterocycles. The Hall–Kier alpha value is -0.650. The van der Waals surface area contributed by atoms with E-state index >= 15 is 0 Å². The van der Waals surface area contributed by atoms with Crippen LogP contribution in [-0.2, 0) is 4.79 Å². The number of rotatable bonds is 10. The number of nitrogens with zero attached hydrogens (tertiary/aromatic N) is 2. The van der Waals surface area contributed by atoms with Crippen LogP contribution >= 0.6 is 0 Å². The van der Waals surface area contributed by atoms with Crippen molar-refractivity contribution in [3.05, 3.63) is 0 Å². The van der Waals surface area contributed by atoms with Crippen LogP contribution in [0.25, 0.3) is 0 Å². The molecule has 1 rings (SSSR count). The SMILES string of the molecule is CNC(C)(CCCCN(C)CC1(N(C)C)CCC1)C(=O)O. The third kappa shape index (κ3) is 4.66. The molecule has 0 bridgehead atoms. The van der Waals surface area contributed by atoms with Gasteiger partial charge in [-0.05, 0) is 80.2 Å². The lowest BCUT2D eigenvalue weighted by Crippen LogP contribution is -2.56. The predicted molar refractivity (Wildman–Crippen MR) is 86.7 cm³/mol. The summed E-state index contributed by atoms with van der Waals surface area (Å²) in [5.74, 6) is -0.764. The molecule has 1 aliphatic rings. The summed E-state index contributed by atoms with van der Waals surface area (Å²) in [5, 5.41) is 12.1. The summed E-state index contributed by atoms with van der Waals surface area (Å²) in [4.78, 5) is 16.0. The van der Waals surface area contributed by atoms with Crippen molar-refractivity contribution in [2.75, 3.05) is 41.3 Å². The maximum Gasteiger partial charge on any atom is 0.323 e. The normalized spacial score (nSPS) is 20.3. The monoisotopic (exact) mass is 299 g/mol. The Bertz CT molecular complexity index is 342. The van der Waals surface area contributed by atoms with Gasteiger partial charge in [0.15, 0.2) is 0 Å². The minimum absolute atomic E-state index is 0.370. The van der Waals surface area contributed by atoms with E-state index in [2.05, 4.69) is 36.3 Å². The van der Waals surface area contributed by atoms with E-state index in [0.717, 1.165) is 25.9 Å². The van der Waals surface area contributed by atoms with Gasteiger partial charge in [-0.15, -0.1) is 0 Å². The number of hydrogen-bond acceptors (Lipinski definition) is 4. The summed E-state index contributed by atoms with van der Waals surface area (Å²) >= 11 is 0. The first kappa shape index (κ1) is 18.4. The molecule has 2 N–H and O–H groups in total. The van der Waals surface area contributed by atoms with Crippen molar-refractivity contribution < 1.29 is 9.90 Å². The largest absolute Gasteiger partial charge is 0.480 e. The lowest BCUT2D eigenvalue weighted by molar-refractivity contribution is -0.144. The average molecular weight is 299 g/mol. The molecule has 0 radical (unpaired) electrons. The van der Waals surface area contributed by atoms with Crippen LogP contribution in [0.3, 0.4) is 0 Å². The highest BCUT2D eigenvalue weighted by molar-refractivity contribution is 5.78. The van der Waals surface area contributed by atoms with E-state index in [1.807, 2.05) is 0 Å². The zero-order chi connectivity index (χ0) is 16.1. The third-order valence-corrected chi connectivity index (χ3v) is 5.29. The zero-order valence-corrected chi connectivity index (χ0v) is 14.4. The summed E-state index contributed by atoms with van der Waals surface area (Å²) in [5.41, 5.74) is -0.424. The number of likely N-dealkylation sites (N-methyl/N-ethyl adjacent to an activating group) is 3. The molecule has 0 aromatic carbocycles. The van der Waals surface area contributed by atoms with E-state index in [-0.39, 0.29) is 0 Å². The van der Waals surface area contributed by atoms with Crippen molar-refractivity contribution in [2.45, 2.75) is 56.5 Å². The van der Waals surface area contributed by atoms with E-state index in [1.54, 1.807) is 14.0 Å². The number of nitrogens with one attached hydrogen (secondary N) is 1. The molecule has 1 saturated carbocycles. The highest BCUT2D eigenvalue weighted by Gasteiger charge is 2.39. The smallest absolute Gasteiger partial charge is 0.323 e. The van der Waals surface area contributed by atoms with Gasteiger partial charge in [0.25, 0.3) is 0 Å². The van der Waals surface area contributed by atoms with Crippen molar-refractivity contribution in [2.24, 2.45) is 0 Å². The Morgan fingerprint density at radius 1 is 1.29 bits per heavy atom. The molecule has 0 aromatic heterocycles. The van der Waals surface area contributed by atoms with Gasteiger partial charge in [0.05, 0.1) is 0 Å². The van der Waals surface area contributed by atoms with Crippen molar-refractivity contribution in [1.29, 1.82) is 0 Å². The van der Waals surface area contributed by atoms with E-state index < -0.39 is 11.5 Å². The third-order valence-electron chi connectivity index (χ3n) is 5.29. The Morgan fingerprint density at radius 2 is 1.90 bits per heavy atom. The molecule has 124 valence electrons. The Morgan fingerprint density at radius 3 is 2.29 bits per heavy atom. The highest BCUT2D eigenvalue weighted by Crippen LogP contribution is 2.36. The van der Waals surface area contributed by atoms with Gasteiger partial charge in [0, 0.05) is 12.1 Å². The van der Waals surface area contributed by atoms with Gasteiger partial charge in [-0.3, -0.25) is 4.79 Å². The molecule has 0 amide bonds. The molecule has 0 heterocycles. The second kappa shape index (κ2) is 7.56. The van der Waals surface area contributed by atoms with Gasteiger partial charge in [-0.2, -0.15) is 0 Å². The lowest BCUT2D eigenvalue weighted by Gasteiger charge is -2.49. The summed E-state index contributed by atoms with van der Waals surface area (Å²) in [6, 6.07) is 0. The minimum Gasteiger partial charge on any atom is -0.480 e. The summed E-state index contributed by atoms with van der Waals surface area (Å²) in [6.45, 7) is 3.91. The number of carbonyl (C=O) groups is 1. The fraction of sp³-hybridized carbons (Fsp3) is 0.938. The Kier molecular flexibility index (Phi) is 6.63. The van der Waals surface area contributed by atoms with Crippen LogP contribution in [0, 0.1) is 0 Å². The van der Waals surface area contributed by atoms with Gasteiger partial charge in [-0.25, -0.2) is 0 Å². The Balaban J connectivity index is 2.28. The maximum absolute atomic E-state index is 11.2. The van der Waals surface area contributed by atoms with Crippen molar-refractivity contribution in [3.8, 4) is 0 Å². The molecule has 1 aliphatic carbocycles. The number of unbranched alkanes of at least 4 members (excludes halogenated alkanes) is 1. The van der Waals surface area contributed by atoms with E-state index in [9.17, 15) is 9.90 Å². The summed E-state index contributed by atoms with van der Waals surface area (Å²) in [7, 11) is 8.26. The van der Waals surface area contributed by atoms with Crippen LogP contribution in [0.1, 0.15) is 45.4 Å². The molecule has 1 unspecified atom stereocenters. The molecular formula is C16H33N3O2. The second-order valence-electron chi connectivity index (χ2n) is 7.05. The number of hydrogen-bond donors (Lipinski definition) is 2. The molecule has 5 heteroatoms. The topological polar surface area (TPSA) is 55.8 Å². The molecule has 21 heavy (non-hydrogen) atoms. The van der Waals surface area contributed by atoms with Crippen LogP contribution < -0.4 is 5.32 Å². The molecule has 0 aromatic rings. The van der Waals surface area contributed by atoms with Gasteiger partial charge < -0.3 is 20.2 Å². The lowest BCUT2D eigenvalue weighted by atomic mass is 9.75. The average Bonchev–Trinajstić information content (AvgIpc) is 2.38. The van der Waals surface area contributed by atoms with E-state index in [1.165, 1.54) is 19.3 Å². The first-order valence-corrected chi connectivity index (χ1v) is 8.04. The van der Waals surface area contributed by atoms with Crippen LogP contribution in [0.2, 0.25) is 0 Å². The van der Waals surface area contributed by atoms with Crippen molar-refractivity contribution >= 4 is 5.97 Å². The van der Waals surface area contributed by atoms with E-state index in [4.69, 9.17) is 0 Å². The Labute approximate surface area is 129 Å². The first-order valence-electron chi connectivity index (χ1n) is 8.04. The number of carboxylic acid groups (broad SMARTS) is 1. The first-order chi connectivity index (χ1) is 9.76. The standard InChI is InChI=1S/C16H33N3O2/c1-15(17-2,14(20)21)9-6-7-12-19(5)13-16(18(3)4)10-8-11-16/h17H,6-13H2,1-5H3,(H,20,21). The van der Waals surface area contributed by atoms with Gasteiger partial charge in [0.2, 0.25) is 0 Å². The predicted octanol–water partition coefficient (Wildman–Crippen LogP) is 1.64. The quantitative estimate of drug-likeness (QED) is 0.601. The van der Waals surface area contributed by atoms with Crippen LogP contribution in [0.4, 0.5) is 0 Å². The van der Waals surface area contributed by atoms with Crippen molar-refractivity contribution in [1.82, 2.24) is 15.1 Å². The van der Waals surface area contributed by atoms with Gasteiger partial charge in [-0.1, -0.05) is 0 Å². The molecule has 0 spiro atoms. The van der Waals surface area contributed by atoms with Crippen LogP contribution in [-0.4, -0.2) is 73.2 Å². The molecule has 1 fully saturated rings. The van der Waals surface area contributed by atoms with Crippen molar-refractivity contribution in [3.63, 3.8) is 0 Å². The zero-order valence-electron chi connectivity index (χ0n) is 14.4. The molecular weight excluding hydrogens is 266 g/mol. The molecule has 5 nitrogen and oxygen atoms in total. The summed E-state index contributed by atoms with van der Waals surface area (Å²) < 4.78 is 0. The molecule has 1 atom stereocenters. The fourth-order valence-corrected chi connectivity index (χ4v) is 3.11. The maximum atomic E-state index is 11.2. The minimum atomic E-state index is -0.794. The second-order valence-corrected chi connectivity index (χ2v) is 7.05. The number of carboxylic acids is 1. The fourth-order valence-electron chi connectivity index (χ4n) is 3.11. The van der Waals surface area contributed by atoms with Crippen LogP contribution in [0.5, 0.6) is 0 Å². The molecule has 0 aliphatic heterocycles. The van der Waals surface area contributed by atoms with Gasteiger partial charge >= 0.3 is 5.97 Å². The summed E-state index contributed by atoms with van der Waals surface area (Å²) in [6.07, 6.45) is 6.58. The van der Waals surface area contributed by atoms with Crippen LogP contribution in [0.15, 0.2) is 0 Å². The van der Waals surface area contributed by atoms with Gasteiger partial charge in [0.1, 0.15) is 5.54 Å². The highest BCUT2D eigenvalue weighted by atomic mass is 16.4. The number of aliphatic carboxylic acids is 1.